The summed E-state index contributed by atoms with van der Waals surface area (Å²) in [6.07, 6.45) is 2.04. The molecule has 156 valence electrons. The maximum Gasteiger partial charge on any atom is 0.137 e. The molecule has 0 spiro atoms. The highest BCUT2D eigenvalue weighted by atomic mass is 16.5. The monoisotopic (exact) mass is 418 g/mol. The second-order valence-corrected chi connectivity index (χ2v) is 9.54. The molecule has 0 saturated carbocycles. The Morgan fingerprint density at radius 1 is 0.875 bits per heavy atom. The van der Waals surface area contributed by atoms with E-state index in [1.165, 1.54) is 54.7 Å². The topological polar surface area (TPSA) is 57.5 Å². The van der Waals surface area contributed by atoms with Crippen LogP contribution >= 0.6 is 0 Å². The molecular formula is C27H22N4O. The Labute approximate surface area is 184 Å². The first-order valence-corrected chi connectivity index (χ1v) is 11.3. The summed E-state index contributed by atoms with van der Waals surface area (Å²) in [5, 5.41) is 4.83. The summed E-state index contributed by atoms with van der Waals surface area (Å²) in [6, 6.07) is 13.4. The summed E-state index contributed by atoms with van der Waals surface area (Å²) in [7, 11) is 0. The van der Waals surface area contributed by atoms with Crippen LogP contribution < -0.4 is 5.73 Å². The third-order valence-electron chi connectivity index (χ3n) is 7.64. The second-order valence-electron chi connectivity index (χ2n) is 9.54. The van der Waals surface area contributed by atoms with E-state index in [4.69, 9.17) is 10.5 Å². The Hall–Kier alpha value is -3.57. The van der Waals surface area contributed by atoms with Gasteiger partial charge in [0.15, 0.2) is 0 Å². The minimum Gasteiger partial charge on any atom is -0.383 e. The Bertz CT molecular complexity index is 1760. The minimum atomic E-state index is 0.0205. The van der Waals surface area contributed by atoms with Gasteiger partial charge >= 0.3 is 0 Å². The van der Waals surface area contributed by atoms with E-state index in [1.807, 2.05) is 0 Å². The van der Waals surface area contributed by atoms with Gasteiger partial charge in [0.1, 0.15) is 18.3 Å². The lowest BCUT2D eigenvalue weighted by atomic mass is 9.94. The van der Waals surface area contributed by atoms with Gasteiger partial charge in [0, 0.05) is 32.7 Å². The summed E-state index contributed by atoms with van der Waals surface area (Å²) in [5.74, 6) is 0.566. The molecule has 3 aliphatic rings. The first kappa shape index (κ1) is 17.0. The van der Waals surface area contributed by atoms with Crippen molar-refractivity contribution in [2.45, 2.75) is 39.1 Å². The third kappa shape index (κ3) is 1.73. The first-order chi connectivity index (χ1) is 15.5. The number of amidine groups is 1. The zero-order chi connectivity index (χ0) is 21.5. The molecule has 8 rings (SSSR count). The van der Waals surface area contributed by atoms with Gasteiger partial charge in [-0.2, -0.15) is 0 Å². The molecule has 5 heterocycles. The number of benzene rings is 3. The smallest absolute Gasteiger partial charge is 0.137 e. The summed E-state index contributed by atoms with van der Waals surface area (Å²) in [6.45, 7) is 8.61. The first-order valence-electron chi connectivity index (χ1n) is 11.3. The largest absolute Gasteiger partial charge is 0.383 e. The van der Waals surface area contributed by atoms with Crippen molar-refractivity contribution in [1.29, 1.82) is 0 Å². The van der Waals surface area contributed by atoms with E-state index in [0.717, 1.165) is 29.7 Å². The second kappa shape index (κ2) is 5.25. The molecule has 1 fully saturated rings. The van der Waals surface area contributed by atoms with Crippen LogP contribution in [0.2, 0.25) is 0 Å². The van der Waals surface area contributed by atoms with Gasteiger partial charge in [-0.15, -0.1) is 0 Å². The van der Waals surface area contributed by atoms with Crippen LogP contribution in [0.3, 0.4) is 0 Å². The lowest BCUT2D eigenvalue weighted by Gasteiger charge is -2.15. The summed E-state index contributed by atoms with van der Waals surface area (Å²) >= 11 is 0. The number of aromatic nitrogens is 2. The van der Waals surface area contributed by atoms with Crippen molar-refractivity contribution in [3.05, 3.63) is 65.2 Å². The number of ether oxygens (including phenoxy) is 1. The molecule has 0 amide bonds. The van der Waals surface area contributed by atoms with Crippen molar-refractivity contribution in [2.75, 3.05) is 0 Å². The van der Waals surface area contributed by atoms with Crippen LogP contribution in [0.5, 0.6) is 0 Å². The highest BCUT2D eigenvalue weighted by Gasteiger charge is 2.39. The Kier molecular flexibility index (Phi) is 2.79. The van der Waals surface area contributed by atoms with Crippen LogP contribution in [-0.2, 0) is 4.74 Å². The van der Waals surface area contributed by atoms with Gasteiger partial charge in [0.25, 0.3) is 0 Å². The predicted molar refractivity (Wildman–Crippen MR) is 130 cm³/mol. The number of nitrogens with two attached hydrogens (primary N) is 1. The number of aryl methyl sites for hydroxylation is 2. The van der Waals surface area contributed by atoms with Crippen LogP contribution in [0, 0.1) is 13.8 Å². The number of hydrogen-bond donors (Lipinski definition) is 1. The quantitative estimate of drug-likeness (QED) is 0.334. The minimum absolute atomic E-state index is 0.0205. The van der Waals surface area contributed by atoms with Gasteiger partial charge in [-0.1, -0.05) is 29.8 Å². The molecule has 0 aliphatic carbocycles. The van der Waals surface area contributed by atoms with Gasteiger partial charge in [-0.3, -0.25) is 0 Å². The fraction of sp³-hybridized carbons (Fsp3) is 0.222. The number of fused-ring (bicyclic) bond motifs is 13. The van der Waals surface area contributed by atoms with Crippen LogP contribution in [0.4, 0.5) is 0 Å². The van der Waals surface area contributed by atoms with Gasteiger partial charge in [-0.05, 0) is 51.0 Å². The highest BCUT2D eigenvalue weighted by molar-refractivity contribution is 6.34. The van der Waals surface area contributed by atoms with E-state index in [2.05, 4.69) is 71.0 Å². The van der Waals surface area contributed by atoms with Crippen LogP contribution in [0.1, 0.15) is 47.6 Å². The lowest BCUT2D eigenvalue weighted by molar-refractivity contribution is -0.0229. The van der Waals surface area contributed by atoms with Crippen molar-refractivity contribution in [2.24, 2.45) is 10.7 Å². The van der Waals surface area contributed by atoms with E-state index in [1.54, 1.807) is 0 Å². The molecule has 2 atom stereocenters. The van der Waals surface area contributed by atoms with Gasteiger partial charge in [-0.25, -0.2) is 4.99 Å². The number of nitrogens with zero attached hydrogens (tertiary/aromatic N) is 3. The van der Waals surface area contributed by atoms with E-state index in [9.17, 15) is 0 Å². The molecule has 2 aromatic heterocycles. The molecular weight excluding hydrogens is 396 g/mol. The molecule has 2 bridgehead atoms. The normalized spacial score (nSPS) is 21.4. The maximum absolute atomic E-state index is 6.71. The fourth-order valence-electron chi connectivity index (χ4n) is 6.46. The van der Waals surface area contributed by atoms with Crippen molar-refractivity contribution in [3.63, 3.8) is 0 Å². The average molecular weight is 419 g/mol. The van der Waals surface area contributed by atoms with Crippen LogP contribution in [-0.4, -0.2) is 15.0 Å². The lowest BCUT2D eigenvalue weighted by Crippen LogP contribution is -2.12. The Morgan fingerprint density at radius 3 is 1.97 bits per heavy atom. The van der Waals surface area contributed by atoms with Gasteiger partial charge in [0.05, 0.1) is 27.8 Å². The highest BCUT2D eigenvalue weighted by Crippen LogP contribution is 2.53. The maximum atomic E-state index is 6.71. The number of hydrogen-bond acceptors (Lipinski definition) is 3. The zero-order valence-electron chi connectivity index (χ0n) is 18.1. The Balaban J connectivity index is 1.80. The Morgan fingerprint density at radius 2 is 1.41 bits per heavy atom. The third-order valence-corrected chi connectivity index (χ3v) is 7.64. The molecule has 3 aliphatic heterocycles. The van der Waals surface area contributed by atoms with E-state index >= 15 is 0 Å². The predicted octanol–water partition coefficient (Wildman–Crippen LogP) is 6.03. The number of rotatable bonds is 0. The number of aliphatic imine (C=N–C) groups is 1. The van der Waals surface area contributed by atoms with Crippen molar-refractivity contribution in [1.82, 2.24) is 9.13 Å². The SMILES string of the molecule is C=C1N=C(N)c2c1c1c3cc(C)ccc3n3c1c1c2c2cc(C)ccc2n1C1CCC3O1. The molecule has 3 aromatic carbocycles. The van der Waals surface area contributed by atoms with E-state index in [-0.39, 0.29) is 12.5 Å². The van der Waals surface area contributed by atoms with Gasteiger partial charge in [0.2, 0.25) is 0 Å². The summed E-state index contributed by atoms with van der Waals surface area (Å²) < 4.78 is 11.6. The molecule has 5 aromatic rings. The standard InChI is InChI=1S/C27H22N4O/c1-12-4-6-17-15(10-12)22-21-14(3)29-27(28)24(21)23-16-11-13(2)5-7-18(16)31-20-9-8-19(32-20)30(17)25(22)26(23)31/h4-7,10-11,19-20H,3,8-9H2,1-2H3,(H2,28,29). The van der Waals surface area contributed by atoms with E-state index < -0.39 is 0 Å². The molecule has 5 heteroatoms. The van der Waals surface area contributed by atoms with Crippen molar-refractivity contribution < 1.29 is 4.74 Å². The molecule has 1 saturated heterocycles. The average Bonchev–Trinajstić information content (AvgIpc) is 3.46. The zero-order valence-corrected chi connectivity index (χ0v) is 18.1. The molecule has 0 radical (unpaired) electrons. The molecule has 2 N–H and O–H groups in total. The molecule has 32 heavy (non-hydrogen) atoms. The van der Waals surface area contributed by atoms with E-state index in [0.29, 0.717) is 5.84 Å². The van der Waals surface area contributed by atoms with Crippen molar-refractivity contribution >= 4 is 55.1 Å². The van der Waals surface area contributed by atoms with Gasteiger partial charge < -0.3 is 19.6 Å². The fourth-order valence-corrected chi connectivity index (χ4v) is 6.46. The van der Waals surface area contributed by atoms with Crippen LogP contribution in [0.25, 0.3) is 49.3 Å². The van der Waals surface area contributed by atoms with Crippen molar-refractivity contribution in [3.8, 4) is 0 Å². The van der Waals surface area contributed by atoms with Crippen LogP contribution in [0.15, 0.2) is 48.0 Å². The molecule has 5 nitrogen and oxygen atoms in total. The summed E-state index contributed by atoms with van der Waals surface area (Å²) in [4.78, 5) is 4.68. The summed E-state index contributed by atoms with van der Waals surface area (Å²) in [5.41, 5.74) is 16.8. The molecule has 2 unspecified atom stereocenters.